The molecule has 1 aliphatic heterocycles. The quantitative estimate of drug-likeness (QED) is 0.414. The highest BCUT2D eigenvalue weighted by molar-refractivity contribution is 14.0. The van der Waals surface area contributed by atoms with E-state index in [0.29, 0.717) is 19.1 Å². The van der Waals surface area contributed by atoms with E-state index in [4.69, 9.17) is 10.5 Å². The number of aliphatic imine (C=N–C) groups is 1. The summed E-state index contributed by atoms with van der Waals surface area (Å²) in [4.78, 5) is 4.58. The molecule has 1 aromatic carbocycles. The van der Waals surface area contributed by atoms with Gasteiger partial charge in [0.25, 0.3) is 0 Å². The Balaban J connectivity index is 0.00000196. The van der Waals surface area contributed by atoms with Gasteiger partial charge in [0.2, 0.25) is 0 Å². The number of nitrogens with zero attached hydrogens (tertiary/aromatic N) is 3. The van der Waals surface area contributed by atoms with Crippen molar-refractivity contribution >= 4 is 29.9 Å². The Morgan fingerprint density at radius 1 is 1.35 bits per heavy atom. The van der Waals surface area contributed by atoms with Gasteiger partial charge in [0, 0.05) is 19.0 Å². The summed E-state index contributed by atoms with van der Waals surface area (Å²) in [5.41, 5.74) is 11.1. The summed E-state index contributed by atoms with van der Waals surface area (Å²) in [5, 5.41) is 8.00. The number of para-hydroxylation sites is 1. The van der Waals surface area contributed by atoms with Crippen LogP contribution in [0.25, 0.3) is 0 Å². The van der Waals surface area contributed by atoms with E-state index in [1.54, 1.807) is 0 Å². The van der Waals surface area contributed by atoms with Gasteiger partial charge in [-0.1, -0.05) is 18.2 Å². The first-order chi connectivity index (χ1) is 12.2. The van der Waals surface area contributed by atoms with E-state index in [9.17, 15) is 0 Å². The van der Waals surface area contributed by atoms with Crippen LogP contribution in [0.4, 0.5) is 0 Å². The summed E-state index contributed by atoms with van der Waals surface area (Å²) in [6.45, 7) is 1.26. The van der Waals surface area contributed by atoms with Crippen molar-refractivity contribution in [2.45, 2.75) is 44.7 Å². The molecule has 7 heteroatoms. The van der Waals surface area contributed by atoms with Gasteiger partial charge >= 0.3 is 0 Å². The summed E-state index contributed by atoms with van der Waals surface area (Å²) >= 11 is 0. The van der Waals surface area contributed by atoms with Crippen LogP contribution in [0.5, 0.6) is 5.75 Å². The highest BCUT2D eigenvalue weighted by Gasteiger charge is 2.22. The molecule has 1 atom stereocenters. The van der Waals surface area contributed by atoms with Crippen LogP contribution in [0.3, 0.4) is 0 Å². The Morgan fingerprint density at radius 3 is 3.04 bits per heavy atom. The maximum absolute atomic E-state index is 6.17. The zero-order chi connectivity index (χ0) is 17.2. The van der Waals surface area contributed by atoms with Crippen molar-refractivity contribution in [3.8, 4) is 5.75 Å². The molecule has 0 bridgehead atoms. The minimum absolute atomic E-state index is 0. The third-order valence-electron chi connectivity index (χ3n) is 5.13. The van der Waals surface area contributed by atoms with Crippen LogP contribution in [-0.4, -0.2) is 22.3 Å². The third-order valence-corrected chi connectivity index (χ3v) is 5.13. The number of nitrogens with two attached hydrogens (primary N) is 1. The molecule has 2 heterocycles. The summed E-state index contributed by atoms with van der Waals surface area (Å²) in [7, 11) is 2.00. The second-order valence-corrected chi connectivity index (χ2v) is 6.78. The fraction of sp³-hybridized carbons (Fsp3) is 0.474. The first kappa shape index (κ1) is 19.0. The number of hydrogen-bond acceptors (Lipinski definition) is 3. The van der Waals surface area contributed by atoms with Gasteiger partial charge in [-0.25, -0.2) is 4.99 Å². The maximum Gasteiger partial charge on any atom is 0.189 e. The number of aryl methyl sites for hydroxylation is 2. The number of ether oxygens (including phenoxy) is 1. The Hall–Kier alpha value is -1.77. The van der Waals surface area contributed by atoms with Crippen molar-refractivity contribution in [1.29, 1.82) is 0 Å². The average Bonchev–Trinajstić information content (AvgIpc) is 2.95. The number of halogens is 1. The van der Waals surface area contributed by atoms with Crippen LogP contribution in [0.15, 0.2) is 29.3 Å². The largest absolute Gasteiger partial charge is 0.493 e. The lowest BCUT2D eigenvalue weighted by atomic mass is 9.96. The average molecular weight is 467 g/mol. The van der Waals surface area contributed by atoms with E-state index in [1.807, 2.05) is 29.9 Å². The molecular formula is C19H26IN5O. The van der Waals surface area contributed by atoms with Gasteiger partial charge < -0.3 is 15.8 Å². The fourth-order valence-electron chi connectivity index (χ4n) is 3.82. The number of aromatic nitrogens is 2. The molecule has 0 saturated carbocycles. The summed E-state index contributed by atoms with van der Waals surface area (Å²) in [6, 6.07) is 8.24. The van der Waals surface area contributed by atoms with Crippen LogP contribution in [-0.2, 0) is 26.4 Å². The van der Waals surface area contributed by atoms with Gasteiger partial charge in [-0.3, -0.25) is 4.68 Å². The van der Waals surface area contributed by atoms with E-state index in [0.717, 1.165) is 30.6 Å². The zero-order valence-corrected chi connectivity index (χ0v) is 17.4. The SMILES string of the molecule is Cn1nc2c(c1CN=C(N)NC1CCOc3ccccc31)CCCC2.I. The standard InChI is InChI=1S/C19H25N5O.HI/c1-24-17(13-6-2-4-8-16(13)23-24)12-21-19(20)22-15-10-11-25-18-9-5-3-7-14(15)18;/h3,5,7,9,15H,2,4,6,8,10-12H2,1H3,(H3,20,21,22);1H. The molecule has 0 amide bonds. The first-order valence-corrected chi connectivity index (χ1v) is 9.04. The number of hydrogen-bond donors (Lipinski definition) is 2. The van der Waals surface area contributed by atoms with Crippen LogP contribution in [0.1, 0.15) is 47.8 Å². The van der Waals surface area contributed by atoms with E-state index >= 15 is 0 Å². The first-order valence-electron chi connectivity index (χ1n) is 9.04. The van der Waals surface area contributed by atoms with Gasteiger partial charge in [0.15, 0.2) is 5.96 Å². The lowest BCUT2D eigenvalue weighted by molar-refractivity contribution is 0.262. The molecule has 26 heavy (non-hydrogen) atoms. The number of nitrogens with one attached hydrogen (secondary N) is 1. The highest BCUT2D eigenvalue weighted by Crippen LogP contribution is 2.31. The van der Waals surface area contributed by atoms with E-state index < -0.39 is 0 Å². The number of rotatable bonds is 3. The van der Waals surface area contributed by atoms with Crippen LogP contribution >= 0.6 is 24.0 Å². The van der Waals surface area contributed by atoms with Crippen molar-refractivity contribution in [2.75, 3.05) is 6.61 Å². The molecule has 0 radical (unpaired) electrons. The number of fused-ring (bicyclic) bond motifs is 2. The molecule has 140 valence electrons. The molecular weight excluding hydrogens is 441 g/mol. The molecule has 1 aliphatic carbocycles. The molecule has 3 N–H and O–H groups in total. The van der Waals surface area contributed by atoms with Crippen molar-refractivity contribution in [2.24, 2.45) is 17.8 Å². The fourth-order valence-corrected chi connectivity index (χ4v) is 3.82. The van der Waals surface area contributed by atoms with E-state index in [2.05, 4.69) is 21.5 Å². The Morgan fingerprint density at radius 2 is 2.15 bits per heavy atom. The monoisotopic (exact) mass is 467 g/mol. The molecule has 1 unspecified atom stereocenters. The van der Waals surface area contributed by atoms with Gasteiger partial charge in [-0.2, -0.15) is 5.10 Å². The van der Waals surface area contributed by atoms with Crippen LogP contribution < -0.4 is 15.8 Å². The number of benzene rings is 1. The molecule has 0 spiro atoms. The topological polar surface area (TPSA) is 77.5 Å². The Labute approximate surface area is 171 Å². The van der Waals surface area contributed by atoms with E-state index in [-0.39, 0.29) is 30.0 Å². The summed E-state index contributed by atoms with van der Waals surface area (Å²) in [5.74, 6) is 1.41. The predicted octanol–water partition coefficient (Wildman–Crippen LogP) is 2.85. The third kappa shape index (κ3) is 3.82. The molecule has 1 aromatic heterocycles. The second kappa shape index (κ2) is 8.28. The lowest BCUT2D eigenvalue weighted by Crippen LogP contribution is -2.37. The molecule has 2 aliphatic rings. The van der Waals surface area contributed by atoms with Gasteiger partial charge in [-0.15, -0.1) is 24.0 Å². The molecule has 2 aromatic rings. The van der Waals surface area contributed by atoms with Gasteiger partial charge in [0.05, 0.1) is 30.6 Å². The van der Waals surface area contributed by atoms with Crippen LogP contribution in [0.2, 0.25) is 0 Å². The van der Waals surface area contributed by atoms with Crippen molar-refractivity contribution in [3.05, 3.63) is 46.8 Å². The summed E-state index contributed by atoms with van der Waals surface area (Å²) < 4.78 is 7.67. The van der Waals surface area contributed by atoms with Crippen molar-refractivity contribution in [3.63, 3.8) is 0 Å². The Kier molecular flexibility index (Phi) is 6.05. The molecule has 4 rings (SSSR count). The molecule has 0 saturated heterocycles. The number of guanidine groups is 1. The minimum Gasteiger partial charge on any atom is -0.493 e. The van der Waals surface area contributed by atoms with Crippen molar-refractivity contribution in [1.82, 2.24) is 15.1 Å². The molecule has 0 fully saturated rings. The van der Waals surface area contributed by atoms with Gasteiger partial charge in [-0.05, 0) is 37.3 Å². The Bertz CT molecular complexity index is 801. The normalized spacial score (nSPS) is 19.0. The minimum atomic E-state index is 0. The van der Waals surface area contributed by atoms with Crippen LogP contribution in [0, 0.1) is 0 Å². The van der Waals surface area contributed by atoms with E-state index in [1.165, 1.54) is 29.8 Å². The maximum atomic E-state index is 6.17. The molecule has 6 nitrogen and oxygen atoms in total. The van der Waals surface area contributed by atoms with Gasteiger partial charge in [0.1, 0.15) is 5.75 Å². The zero-order valence-electron chi connectivity index (χ0n) is 15.1. The second-order valence-electron chi connectivity index (χ2n) is 6.78. The van der Waals surface area contributed by atoms with Crippen molar-refractivity contribution < 1.29 is 4.74 Å². The smallest absolute Gasteiger partial charge is 0.189 e. The lowest BCUT2D eigenvalue weighted by Gasteiger charge is -2.26. The summed E-state index contributed by atoms with van der Waals surface area (Å²) in [6.07, 6.45) is 5.55. The highest BCUT2D eigenvalue weighted by atomic mass is 127. The predicted molar refractivity (Wildman–Crippen MR) is 113 cm³/mol.